The van der Waals surface area contributed by atoms with Crippen LogP contribution in [0.1, 0.15) is 10.4 Å². The topological polar surface area (TPSA) is 97.1 Å². The van der Waals surface area contributed by atoms with Gasteiger partial charge in [0.2, 0.25) is 11.8 Å². The van der Waals surface area contributed by atoms with Crippen molar-refractivity contribution in [2.75, 3.05) is 5.75 Å². The number of nitrogens with zero attached hydrogens (tertiary/aromatic N) is 2. The molecule has 1 aromatic heterocycles. The lowest BCUT2D eigenvalue weighted by molar-refractivity contribution is -0.119. The Labute approximate surface area is 162 Å². The van der Waals surface area contributed by atoms with Crippen LogP contribution >= 0.6 is 23.4 Å². The molecule has 27 heavy (non-hydrogen) atoms. The van der Waals surface area contributed by atoms with Gasteiger partial charge in [-0.1, -0.05) is 35.5 Å². The van der Waals surface area contributed by atoms with Crippen molar-refractivity contribution in [3.8, 4) is 11.5 Å². The quantitative estimate of drug-likeness (QED) is 0.499. The largest absolute Gasteiger partial charge is 0.411 e. The predicted octanol–water partition coefficient (Wildman–Crippen LogP) is 3.08. The van der Waals surface area contributed by atoms with E-state index < -0.39 is 11.8 Å². The van der Waals surface area contributed by atoms with Gasteiger partial charge in [-0.15, -0.1) is 10.2 Å². The lowest BCUT2D eigenvalue weighted by Crippen LogP contribution is -2.42. The summed E-state index contributed by atoms with van der Waals surface area (Å²) >= 11 is 6.91. The first-order valence-electron chi connectivity index (χ1n) is 7.59. The molecule has 0 saturated carbocycles. The first kappa shape index (κ1) is 18.9. The molecule has 0 unspecified atom stereocenters. The van der Waals surface area contributed by atoms with Crippen molar-refractivity contribution in [2.24, 2.45) is 0 Å². The molecule has 0 bridgehead atoms. The molecular formula is C17H12ClFN4O3S. The van der Waals surface area contributed by atoms with Crippen molar-refractivity contribution < 1.29 is 18.4 Å². The number of nitrogens with one attached hydrogen (secondary N) is 2. The molecule has 0 aliphatic carbocycles. The second-order valence-electron chi connectivity index (χ2n) is 5.15. The Morgan fingerprint density at radius 2 is 1.81 bits per heavy atom. The predicted molar refractivity (Wildman–Crippen MR) is 97.5 cm³/mol. The van der Waals surface area contributed by atoms with Gasteiger partial charge in [-0.25, -0.2) is 4.39 Å². The molecule has 138 valence electrons. The maximum absolute atomic E-state index is 12.9. The molecule has 2 N–H and O–H groups in total. The molecular weight excluding hydrogens is 395 g/mol. The maximum atomic E-state index is 12.9. The third-order valence-electron chi connectivity index (χ3n) is 3.26. The summed E-state index contributed by atoms with van der Waals surface area (Å²) in [6.45, 7) is 0. The number of thioether (sulfide) groups is 1. The minimum Gasteiger partial charge on any atom is -0.411 e. The lowest BCUT2D eigenvalue weighted by Gasteiger charge is -2.07. The van der Waals surface area contributed by atoms with Crippen molar-refractivity contribution in [3.63, 3.8) is 0 Å². The van der Waals surface area contributed by atoms with E-state index >= 15 is 0 Å². The minimum atomic E-state index is -0.532. The molecule has 0 radical (unpaired) electrons. The highest BCUT2D eigenvalue weighted by atomic mass is 35.5. The van der Waals surface area contributed by atoms with Gasteiger partial charge in [0.25, 0.3) is 11.1 Å². The van der Waals surface area contributed by atoms with Gasteiger partial charge in [-0.3, -0.25) is 20.4 Å². The summed E-state index contributed by atoms with van der Waals surface area (Å²) < 4.78 is 18.3. The molecule has 3 rings (SSSR count). The molecule has 10 heteroatoms. The summed E-state index contributed by atoms with van der Waals surface area (Å²) in [5, 5.41) is 8.09. The van der Waals surface area contributed by atoms with Crippen LogP contribution in [-0.4, -0.2) is 27.8 Å². The van der Waals surface area contributed by atoms with Gasteiger partial charge >= 0.3 is 0 Å². The molecule has 0 aliphatic heterocycles. The fourth-order valence-corrected chi connectivity index (χ4v) is 2.76. The molecule has 7 nitrogen and oxygen atoms in total. The summed E-state index contributed by atoms with van der Waals surface area (Å²) in [4.78, 5) is 23.8. The minimum absolute atomic E-state index is 0.0617. The molecule has 0 fully saturated rings. The highest BCUT2D eigenvalue weighted by Crippen LogP contribution is 2.23. The van der Waals surface area contributed by atoms with Crippen LogP contribution in [0.5, 0.6) is 0 Å². The third-order valence-corrected chi connectivity index (χ3v) is 4.41. The van der Waals surface area contributed by atoms with Crippen LogP contribution in [-0.2, 0) is 4.79 Å². The average molecular weight is 407 g/mol. The van der Waals surface area contributed by atoms with Crippen molar-refractivity contribution >= 4 is 35.2 Å². The standard InChI is InChI=1S/C17H12ClFN4O3S/c18-13-4-2-1-3-12(13)15(25)21-20-14(24)9-27-17-23-22-16(26-17)10-5-7-11(19)8-6-10/h1-8H,9H2,(H,20,24)(H,21,25). The highest BCUT2D eigenvalue weighted by molar-refractivity contribution is 7.99. The highest BCUT2D eigenvalue weighted by Gasteiger charge is 2.13. The number of carbonyl (C=O) groups is 2. The van der Waals surface area contributed by atoms with Gasteiger partial charge in [0.1, 0.15) is 5.82 Å². The maximum Gasteiger partial charge on any atom is 0.277 e. The number of aromatic nitrogens is 2. The smallest absolute Gasteiger partial charge is 0.277 e. The first-order valence-corrected chi connectivity index (χ1v) is 8.95. The summed E-state index contributed by atoms with van der Waals surface area (Å²) in [5.41, 5.74) is 5.35. The molecule has 0 atom stereocenters. The number of hydrazine groups is 1. The van der Waals surface area contributed by atoms with Crippen LogP contribution in [0.25, 0.3) is 11.5 Å². The number of halogens is 2. The fourth-order valence-electron chi connectivity index (χ4n) is 1.98. The second-order valence-corrected chi connectivity index (χ2v) is 6.48. The van der Waals surface area contributed by atoms with Crippen molar-refractivity contribution in [1.82, 2.24) is 21.0 Å². The summed E-state index contributed by atoms with van der Waals surface area (Å²) in [5.74, 6) is -1.22. The van der Waals surface area contributed by atoms with Crippen LogP contribution in [0.15, 0.2) is 58.2 Å². The second kappa shape index (κ2) is 8.65. The number of carbonyl (C=O) groups excluding carboxylic acids is 2. The Balaban J connectivity index is 1.49. The van der Waals surface area contributed by atoms with E-state index in [9.17, 15) is 14.0 Å². The molecule has 2 amide bonds. The summed E-state index contributed by atoms with van der Waals surface area (Å²) in [7, 11) is 0. The van der Waals surface area contributed by atoms with Crippen molar-refractivity contribution in [3.05, 3.63) is 64.9 Å². The van der Waals surface area contributed by atoms with Gasteiger partial charge in [-0.05, 0) is 36.4 Å². The Morgan fingerprint density at radius 1 is 1.07 bits per heavy atom. The van der Waals surface area contributed by atoms with E-state index in [-0.39, 0.29) is 33.3 Å². The van der Waals surface area contributed by atoms with Gasteiger partial charge in [0.15, 0.2) is 0 Å². The Kier molecular flexibility index (Phi) is 6.05. The molecule has 2 aromatic carbocycles. The number of benzene rings is 2. The average Bonchev–Trinajstić information content (AvgIpc) is 3.14. The Hall–Kier alpha value is -2.91. The zero-order valence-corrected chi connectivity index (χ0v) is 15.2. The number of hydrogen-bond acceptors (Lipinski definition) is 6. The Morgan fingerprint density at radius 3 is 2.56 bits per heavy atom. The lowest BCUT2D eigenvalue weighted by atomic mass is 10.2. The van der Waals surface area contributed by atoms with Gasteiger partial charge in [0.05, 0.1) is 16.3 Å². The monoisotopic (exact) mass is 406 g/mol. The van der Waals surface area contributed by atoms with Gasteiger partial charge in [-0.2, -0.15) is 0 Å². The fraction of sp³-hybridized carbons (Fsp3) is 0.0588. The van der Waals surface area contributed by atoms with Crippen molar-refractivity contribution in [2.45, 2.75) is 5.22 Å². The zero-order chi connectivity index (χ0) is 19.2. The van der Waals surface area contributed by atoms with Crippen LogP contribution in [0.4, 0.5) is 4.39 Å². The molecule has 3 aromatic rings. The normalized spacial score (nSPS) is 10.4. The van der Waals surface area contributed by atoms with E-state index in [1.165, 1.54) is 30.3 Å². The van der Waals surface area contributed by atoms with Gasteiger partial charge in [0, 0.05) is 5.56 Å². The molecule has 0 spiro atoms. The van der Waals surface area contributed by atoms with E-state index in [1.54, 1.807) is 18.2 Å². The van der Waals surface area contributed by atoms with Crippen molar-refractivity contribution in [1.29, 1.82) is 0 Å². The van der Waals surface area contributed by atoms with E-state index in [0.29, 0.717) is 5.56 Å². The SMILES string of the molecule is O=C(CSc1nnc(-c2ccc(F)cc2)o1)NNC(=O)c1ccccc1Cl. The zero-order valence-electron chi connectivity index (χ0n) is 13.6. The van der Waals surface area contributed by atoms with E-state index in [0.717, 1.165) is 11.8 Å². The van der Waals surface area contributed by atoms with Crippen LogP contribution in [0.3, 0.4) is 0 Å². The number of hydrogen-bond donors (Lipinski definition) is 2. The van der Waals surface area contributed by atoms with E-state index in [2.05, 4.69) is 21.0 Å². The van der Waals surface area contributed by atoms with Crippen LogP contribution in [0, 0.1) is 5.82 Å². The van der Waals surface area contributed by atoms with E-state index in [1.807, 2.05) is 0 Å². The van der Waals surface area contributed by atoms with E-state index in [4.69, 9.17) is 16.0 Å². The Bertz CT molecular complexity index is 965. The van der Waals surface area contributed by atoms with Crippen LogP contribution in [0.2, 0.25) is 5.02 Å². The summed E-state index contributed by atoms with van der Waals surface area (Å²) in [6, 6.07) is 12.0. The molecule has 1 heterocycles. The van der Waals surface area contributed by atoms with Gasteiger partial charge < -0.3 is 4.42 Å². The van der Waals surface area contributed by atoms with Crippen LogP contribution < -0.4 is 10.9 Å². The third kappa shape index (κ3) is 5.05. The molecule has 0 saturated heterocycles. The first-order chi connectivity index (χ1) is 13.0. The molecule has 0 aliphatic rings. The summed E-state index contributed by atoms with van der Waals surface area (Å²) in [6.07, 6.45) is 0. The number of rotatable bonds is 5. The number of amides is 2.